The third kappa shape index (κ3) is 11.9. The maximum absolute atomic E-state index is 5.52. The van der Waals surface area contributed by atoms with E-state index < -0.39 is 0 Å². The van der Waals surface area contributed by atoms with Gasteiger partial charge in [-0.2, -0.15) is 0 Å². The minimum Gasteiger partial charge on any atom is -0.309 e. The molecular weight excluding hydrogens is 983 g/mol. The number of nitrogens with zero attached hydrogens (tertiary/aromatic N) is 5. The molecule has 9 rings (SSSR count). The summed E-state index contributed by atoms with van der Waals surface area (Å²) >= 11 is 0. The van der Waals surface area contributed by atoms with Gasteiger partial charge in [-0.05, 0) is 119 Å². The molecule has 0 saturated heterocycles. The fourth-order valence-corrected chi connectivity index (χ4v) is 14.8. The lowest BCUT2D eigenvalue weighted by Gasteiger charge is -2.46. The van der Waals surface area contributed by atoms with Crippen molar-refractivity contribution in [2.24, 2.45) is 0 Å². The molecule has 0 radical (unpaired) electrons. The van der Waals surface area contributed by atoms with E-state index in [1.165, 1.54) is 147 Å². The van der Waals surface area contributed by atoms with Crippen molar-refractivity contribution < 1.29 is 0 Å². The van der Waals surface area contributed by atoms with Crippen LogP contribution in [0.4, 0.5) is 0 Å². The minimum absolute atomic E-state index is 0.0190. The van der Waals surface area contributed by atoms with Crippen LogP contribution in [0.25, 0.3) is 60.9 Å². The summed E-state index contributed by atoms with van der Waals surface area (Å²) in [5, 5.41) is 2.48. The monoisotopic (exact) mass is 1080 g/mol. The van der Waals surface area contributed by atoms with E-state index in [2.05, 4.69) is 203 Å². The first kappa shape index (κ1) is 59.7. The highest BCUT2D eigenvalue weighted by molar-refractivity contribution is 6.09. The summed E-state index contributed by atoms with van der Waals surface area (Å²) in [5.74, 6) is 1.81. The molecule has 5 aromatic carbocycles. The number of para-hydroxylation sites is 2. The topological polar surface area (TPSA) is 56.5 Å². The highest BCUT2D eigenvalue weighted by Crippen LogP contribution is 2.58. The molecule has 0 aliphatic heterocycles. The van der Waals surface area contributed by atoms with E-state index in [9.17, 15) is 0 Å². The van der Waals surface area contributed by atoms with Crippen LogP contribution in [0.3, 0.4) is 0 Å². The highest BCUT2D eigenvalue weighted by Gasteiger charge is 2.49. The van der Waals surface area contributed by atoms with Crippen molar-refractivity contribution >= 4 is 21.8 Å². The van der Waals surface area contributed by atoms with Crippen LogP contribution in [0.5, 0.6) is 0 Å². The number of aromatic nitrogens is 5. The van der Waals surface area contributed by atoms with E-state index in [1.807, 2.05) is 12.4 Å². The van der Waals surface area contributed by atoms with Gasteiger partial charge in [0.25, 0.3) is 0 Å². The highest BCUT2D eigenvalue weighted by atomic mass is 15.0. The molecule has 428 valence electrons. The van der Waals surface area contributed by atoms with Crippen LogP contribution in [-0.2, 0) is 27.1 Å². The first-order valence-corrected chi connectivity index (χ1v) is 32.2. The van der Waals surface area contributed by atoms with E-state index >= 15 is 0 Å². The van der Waals surface area contributed by atoms with Crippen LogP contribution < -0.4 is 0 Å². The first-order valence-electron chi connectivity index (χ1n) is 32.2. The van der Waals surface area contributed by atoms with Gasteiger partial charge >= 0.3 is 0 Å². The normalized spacial score (nSPS) is 14.8. The van der Waals surface area contributed by atoms with Gasteiger partial charge in [-0.25, -0.2) is 19.9 Å². The smallest absolute Gasteiger partial charge is 0.134 e. The number of fused-ring (bicyclic) bond motifs is 6. The average Bonchev–Trinajstić information content (AvgIpc) is 3.80. The zero-order chi connectivity index (χ0) is 57.4. The van der Waals surface area contributed by atoms with Crippen molar-refractivity contribution in [2.45, 2.75) is 245 Å². The first-order chi connectivity index (χ1) is 39.1. The van der Waals surface area contributed by atoms with E-state index in [0.29, 0.717) is 0 Å². The van der Waals surface area contributed by atoms with Crippen molar-refractivity contribution in [1.29, 1.82) is 0 Å². The quantitative estimate of drug-likeness (QED) is 0.0439. The van der Waals surface area contributed by atoms with Crippen LogP contribution in [0.1, 0.15) is 252 Å². The third-order valence-electron chi connectivity index (χ3n) is 19.9. The van der Waals surface area contributed by atoms with Crippen molar-refractivity contribution in [3.05, 3.63) is 162 Å². The lowest BCUT2D eigenvalue weighted by molar-refractivity contribution is 0.212. The Bertz CT molecular complexity index is 3290. The summed E-state index contributed by atoms with van der Waals surface area (Å²) in [7, 11) is 0. The fourth-order valence-electron chi connectivity index (χ4n) is 14.8. The molecule has 5 nitrogen and oxygen atoms in total. The molecule has 81 heavy (non-hydrogen) atoms. The molecule has 3 heterocycles. The summed E-state index contributed by atoms with van der Waals surface area (Å²) in [6.07, 6.45) is 33.9. The Kier molecular flexibility index (Phi) is 18.9. The number of unbranched alkanes of at least 4 members (excludes halogenated alkanes) is 10. The van der Waals surface area contributed by atoms with Gasteiger partial charge in [0, 0.05) is 74.0 Å². The molecule has 2 atom stereocenters. The summed E-state index contributed by atoms with van der Waals surface area (Å²) in [6.45, 7) is 28.5. The predicted molar refractivity (Wildman–Crippen MR) is 347 cm³/mol. The van der Waals surface area contributed by atoms with Gasteiger partial charge in [-0.15, -0.1) is 0 Å². The summed E-state index contributed by atoms with van der Waals surface area (Å²) in [6, 6.07) is 39.9. The van der Waals surface area contributed by atoms with Crippen LogP contribution in [0.2, 0.25) is 0 Å². The molecule has 0 N–H and O–H groups in total. The Hall–Kier alpha value is -5.94. The fraction of sp³-hybridized carbons (Fsp3) is 0.500. The zero-order valence-corrected chi connectivity index (χ0v) is 52.2. The largest absolute Gasteiger partial charge is 0.309 e. The molecule has 0 bridgehead atoms. The number of rotatable bonds is 29. The average molecular weight is 1080 g/mol. The minimum atomic E-state index is -0.353. The van der Waals surface area contributed by atoms with E-state index in [-0.39, 0.29) is 27.1 Å². The van der Waals surface area contributed by atoms with Crippen LogP contribution in [0, 0.1) is 0 Å². The summed E-state index contributed by atoms with van der Waals surface area (Å²) < 4.78 is 2.41. The lowest BCUT2D eigenvalue weighted by Crippen LogP contribution is -2.46. The maximum atomic E-state index is 5.52. The molecule has 3 aromatic heterocycles. The van der Waals surface area contributed by atoms with Crippen LogP contribution in [-0.4, -0.2) is 24.5 Å². The molecule has 1 unspecified atom stereocenters. The van der Waals surface area contributed by atoms with Gasteiger partial charge in [-0.3, -0.25) is 0 Å². The Morgan fingerprint density at radius 3 is 1.33 bits per heavy atom. The van der Waals surface area contributed by atoms with E-state index in [0.717, 1.165) is 71.7 Å². The Labute approximate surface area is 489 Å². The van der Waals surface area contributed by atoms with Gasteiger partial charge in [0.2, 0.25) is 0 Å². The molecule has 0 amide bonds. The van der Waals surface area contributed by atoms with Crippen molar-refractivity contribution in [3.63, 3.8) is 0 Å². The molecule has 1 aliphatic rings. The SMILES string of the molecule is CCCCCCCCC1(CCCCCCCC)c2cc(C(C)(C)CCC)ccc2-c2ccc([C@@](C)(CC)C(C)(CCC)c3ncc(-c4cc(-c5cnc(C(C)(C)CCC)nc5)cc(-n5c6ccccc6c6ccccc65)c4)cn3)cc21. The second-order valence-corrected chi connectivity index (χ2v) is 26.4. The summed E-state index contributed by atoms with van der Waals surface area (Å²) in [5.41, 5.74) is 16.0. The molecule has 5 heteroatoms. The van der Waals surface area contributed by atoms with Gasteiger partial charge in [0.05, 0.1) is 11.0 Å². The predicted octanol–water partition coefficient (Wildman–Crippen LogP) is 22.0. The van der Waals surface area contributed by atoms with Crippen molar-refractivity contribution in [2.75, 3.05) is 0 Å². The van der Waals surface area contributed by atoms with Gasteiger partial charge in [0.15, 0.2) is 0 Å². The third-order valence-corrected chi connectivity index (χ3v) is 19.9. The molecule has 1 aliphatic carbocycles. The van der Waals surface area contributed by atoms with Crippen molar-refractivity contribution in [3.8, 4) is 39.1 Å². The van der Waals surface area contributed by atoms with Gasteiger partial charge in [0.1, 0.15) is 11.6 Å². The maximum Gasteiger partial charge on any atom is 0.134 e. The number of benzene rings is 5. The molecular formula is C76H99N5. The number of hydrogen-bond acceptors (Lipinski definition) is 4. The number of hydrogen-bond donors (Lipinski definition) is 0. The second kappa shape index (κ2) is 25.7. The Morgan fingerprint density at radius 2 is 0.840 bits per heavy atom. The van der Waals surface area contributed by atoms with E-state index in [4.69, 9.17) is 19.9 Å². The molecule has 0 spiro atoms. The van der Waals surface area contributed by atoms with E-state index in [1.54, 1.807) is 11.1 Å². The van der Waals surface area contributed by atoms with Crippen molar-refractivity contribution in [1.82, 2.24) is 24.5 Å². The van der Waals surface area contributed by atoms with Crippen LogP contribution in [0.15, 0.2) is 128 Å². The molecule has 0 saturated carbocycles. The van der Waals surface area contributed by atoms with Crippen LogP contribution >= 0.6 is 0 Å². The standard InChI is InChI=1S/C76H99N5/c1-13-19-21-23-25-31-44-76(45-32-26-24-22-20-14-2)66-49-59(72(7,8)41-15-3)37-39-62(66)63-40-38-60(50-67(63)76)74(11,18-6)75(12,43-17-5)71-79-53-58(54-80-71)56-46-55(57-51-77-70(78-52-57)73(9,10)42-16-4)47-61(48-56)81-68-35-29-27-33-64(68)65-34-28-30-36-69(65)81/h27-30,33-40,46-54H,13-26,31-32,41-45H2,1-12H3/t74-,75?/m1/s1. The molecule has 0 fully saturated rings. The second-order valence-electron chi connectivity index (χ2n) is 26.4. The summed E-state index contributed by atoms with van der Waals surface area (Å²) in [4.78, 5) is 21.1. The van der Waals surface area contributed by atoms with Gasteiger partial charge in [-0.1, -0.05) is 252 Å². The lowest BCUT2D eigenvalue weighted by atomic mass is 9.57. The Balaban J connectivity index is 1.14. The Morgan fingerprint density at radius 1 is 0.395 bits per heavy atom. The molecule has 8 aromatic rings. The zero-order valence-electron chi connectivity index (χ0n) is 52.2. The van der Waals surface area contributed by atoms with Gasteiger partial charge < -0.3 is 4.57 Å².